The van der Waals surface area contributed by atoms with Crippen molar-refractivity contribution in [2.45, 2.75) is 6.18 Å². The van der Waals surface area contributed by atoms with Gasteiger partial charge in [-0.25, -0.2) is 9.97 Å². The Hall–Kier alpha value is -2.68. The Balaban J connectivity index is 1.87. The molecule has 2 aromatic heterocycles. The van der Waals surface area contributed by atoms with Gasteiger partial charge < -0.3 is 5.32 Å². The summed E-state index contributed by atoms with van der Waals surface area (Å²) in [7, 11) is 0. The van der Waals surface area contributed by atoms with Crippen LogP contribution in [0.1, 0.15) is 5.82 Å². The first-order chi connectivity index (χ1) is 11.9. The molecule has 2 aromatic carbocycles. The molecule has 4 rings (SSSR count). The Kier molecular flexibility index (Phi) is 3.60. The van der Waals surface area contributed by atoms with Gasteiger partial charge in [-0.3, -0.25) is 5.10 Å². The molecule has 0 unspecified atom stereocenters. The molecule has 2 N–H and O–H groups in total. The molecule has 0 amide bonds. The van der Waals surface area contributed by atoms with Crippen LogP contribution in [0.3, 0.4) is 0 Å². The van der Waals surface area contributed by atoms with Gasteiger partial charge >= 0.3 is 6.18 Å². The van der Waals surface area contributed by atoms with E-state index in [2.05, 4.69) is 41.4 Å². The van der Waals surface area contributed by atoms with E-state index in [9.17, 15) is 13.2 Å². The summed E-state index contributed by atoms with van der Waals surface area (Å²) in [6, 6.07) is 10.1. The molecule has 0 spiro atoms. The van der Waals surface area contributed by atoms with Crippen molar-refractivity contribution in [3.8, 4) is 0 Å². The molecule has 0 atom stereocenters. The zero-order chi connectivity index (χ0) is 17.6. The van der Waals surface area contributed by atoms with Crippen molar-refractivity contribution in [2.75, 3.05) is 5.32 Å². The van der Waals surface area contributed by atoms with Crippen molar-refractivity contribution in [1.82, 2.24) is 20.2 Å². The minimum Gasteiger partial charge on any atom is -0.340 e. The van der Waals surface area contributed by atoms with Gasteiger partial charge in [0.1, 0.15) is 5.82 Å². The number of hydrogen-bond acceptors (Lipinski definition) is 4. The summed E-state index contributed by atoms with van der Waals surface area (Å²) < 4.78 is 40.0. The number of aromatic nitrogens is 4. The van der Waals surface area contributed by atoms with Crippen LogP contribution in [0.2, 0.25) is 0 Å². The Morgan fingerprint density at radius 1 is 1.04 bits per heavy atom. The number of halogens is 4. The van der Waals surface area contributed by atoms with Crippen LogP contribution in [-0.2, 0) is 6.18 Å². The summed E-state index contributed by atoms with van der Waals surface area (Å²) in [6.07, 6.45) is -2.97. The number of benzene rings is 2. The molecule has 0 aliphatic heterocycles. The first-order valence-corrected chi connectivity index (χ1v) is 7.94. The quantitative estimate of drug-likeness (QED) is 0.488. The van der Waals surface area contributed by atoms with E-state index in [1.54, 1.807) is 30.5 Å². The number of anilines is 2. The molecule has 0 saturated carbocycles. The highest BCUT2D eigenvalue weighted by Gasteiger charge is 2.35. The lowest BCUT2D eigenvalue weighted by molar-refractivity contribution is -0.144. The largest absolute Gasteiger partial charge is 0.451 e. The van der Waals surface area contributed by atoms with Crippen LogP contribution >= 0.6 is 15.9 Å². The average molecular weight is 408 g/mol. The lowest BCUT2D eigenvalue weighted by atomic mass is 10.2. The maximum Gasteiger partial charge on any atom is 0.451 e. The third-order valence-electron chi connectivity index (χ3n) is 3.62. The monoisotopic (exact) mass is 407 g/mol. The van der Waals surface area contributed by atoms with Crippen molar-refractivity contribution in [2.24, 2.45) is 0 Å². The Morgan fingerprint density at radius 2 is 1.88 bits per heavy atom. The second kappa shape index (κ2) is 5.69. The number of alkyl halides is 3. The first-order valence-electron chi connectivity index (χ1n) is 7.15. The van der Waals surface area contributed by atoms with E-state index in [4.69, 9.17) is 0 Å². The van der Waals surface area contributed by atoms with Crippen molar-refractivity contribution in [3.63, 3.8) is 0 Å². The lowest BCUT2D eigenvalue weighted by Gasteiger charge is -2.12. The number of H-pyrrole nitrogens is 1. The fraction of sp³-hybridized carbons (Fsp3) is 0.0625. The molecule has 0 radical (unpaired) electrons. The Bertz CT molecular complexity index is 1090. The highest BCUT2D eigenvalue weighted by molar-refractivity contribution is 9.10. The van der Waals surface area contributed by atoms with Crippen LogP contribution in [0.5, 0.6) is 0 Å². The molecule has 0 fully saturated rings. The van der Waals surface area contributed by atoms with Crippen LogP contribution in [0.15, 0.2) is 47.1 Å². The highest BCUT2D eigenvalue weighted by Crippen LogP contribution is 2.33. The number of rotatable bonds is 2. The van der Waals surface area contributed by atoms with E-state index in [1.165, 1.54) is 6.07 Å². The summed E-state index contributed by atoms with van der Waals surface area (Å²) in [5, 5.41) is 11.1. The second-order valence-electron chi connectivity index (χ2n) is 5.35. The summed E-state index contributed by atoms with van der Waals surface area (Å²) >= 11 is 3.32. The van der Waals surface area contributed by atoms with E-state index in [0.29, 0.717) is 11.1 Å². The van der Waals surface area contributed by atoms with Gasteiger partial charge in [0.25, 0.3) is 0 Å². The smallest absolute Gasteiger partial charge is 0.340 e. The van der Waals surface area contributed by atoms with Gasteiger partial charge in [0.05, 0.1) is 17.2 Å². The summed E-state index contributed by atoms with van der Waals surface area (Å²) in [5.74, 6) is -1.11. The molecular formula is C16H9BrF3N5. The van der Waals surface area contributed by atoms with Gasteiger partial charge in [0.15, 0.2) is 0 Å². The van der Waals surface area contributed by atoms with Crippen LogP contribution in [0, 0.1) is 0 Å². The first kappa shape index (κ1) is 15.8. The zero-order valence-corrected chi connectivity index (χ0v) is 14.0. The van der Waals surface area contributed by atoms with Crippen molar-refractivity contribution in [3.05, 3.63) is 52.9 Å². The molecule has 0 bridgehead atoms. The molecule has 0 aliphatic rings. The summed E-state index contributed by atoms with van der Waals surface area (Å²) in [6.45, 7) is 0. The number of nitrogens with zero attached hydrogens (tertiary/aromatic N) is 3. The molecule has 0 saturated heterocycles. The van der Waals surface area contributed by atoms with Gasteiger partial charge in [-0.1, -0.05) is 15.9 Å². The molecule has 0 aliphatic carbocycles. The third kappa shape index (κ3) is 3.02. The molecule has 9 heteroatoms. The lowest BCUT2D eigenvalue weighted by Crippen LogP contribution is -2.12. The molecule has 2 heterocycles. The highest BCUT2D eigenvalue weighted by atomic mass is 79.9. The molecule has 126 valence electrons. The SMILES string of the molecule is FC(F)(F)c1nc(Nc2ccc3cn[nH]c3c2)c2cc(Br)ccc2n1. The van der Waals surface area contributed by atoms with E-state index < -0.39 is 12.0 Å². The topological polar surface area (TPSA) is 66.5 Å². The fourth-order valence-electron chi connectivity index (χ4n) is 2.47. The third-order valence-corrected chi connectivity index (χ3v) is 4.11. The molecule has 5 nitrogen and oxygen atoms in total. The maximum absolute atomic E-state index is 13.1. The van der Waals surface area contributed by atoms with Crippen LogP contribution < -0.4 is 5.32 Å². The number of nitrogens with one attached hydrogen (secondary N) is 2. The minimum atomic E-state index is -4.63. The van der Waals surface area contributed by atoms with Gasteiger partial charge in [0, 0.05) is 20.9 Å². The van der Waals surface area contributed by atoms with Crippen LogP contribution in [0.25, 0.3) is 21.8 Å². The van der Waals surface area contributed by atoms with Crippen LogP contribution in [0.4, 0.5) is 24.7 Å². The predicted molar refractivity (Wildman–Crippen MR) is 91.6 cm³/mol. The normalized spacial score (nSPS) is 12.0. The van der Waals surface area contributed by atoms with Gasteiger partial charge in [-0.15, -0.1) is 0 Å². The van der Waals surface area contributed by atoms with Crippen molar-refractivity contribution >= 4 is 49.2 Å². The zero-order valence-electron chi connectivity index (χ0n) is 12.4. The van der Waals surface area contributed by atoms with E-state index in [-0.39, 0.29) is 11.3 Å². The number of fused-ring (bicyclic) bond motifs is 2. The number of aromatic amines is 1. The Labute approximate surface area is 147 Å². The van der Waals surface area contributed by atoms with E-state index in [1.807, 2.05) is 6.07 Å². The summed E-state index contributed by atoms with van der Waals surface area (Å²) in [4.78, 5) is 7.30. The fourth-order valence-corrected chi connectivity index (χ4v) is 2.84. The standard InChI is InChI=1S/C16H9BrF3N5/c17-9-2-4-12-11(5-9)14(24-15(23-12)16(18,19)20)22-10-3-1-8-7-21-25-13(8)6-10/h1-7H,(H,21,25)(H,22,23,24). The molecule has 4 aromatic rings. The Morgan fingerprint density at radius 3 is 2.68 bits per heavy atom. The van der Waals surface area contributed by atoms with Crippen molar-refractivity contribution < 1.29 is 13.2 Å². The van der Waals surface area contributed by atoms with Gasteiger partial charge in [-0.2, -0.15) is 18.3 Å². The minimum absolute atomic E-state index is 0.0810. The van der Waals surface area contributed by atoms with Crippen molar-refractivity contribution in [1.29, 1.82) is 0 Å². The predicted octanol–water partition coefficient (Wildman–Crippen LogP) is 5.03. The van der Waals surface area contributed by atoms with E-state index in [0.717, 1.165) is 15.4 Å². The van der Waals surface area contributed by atoms with Gasteiger partial charge in [-0.05, 0) is 36.4 Å². The van der Waals surface area contributed by atoms with Crippen LogP contribution in [-0.4, -0.2) is 20.2 Å². The second-order valence-corrected chi connectivity index (χ2v) is 6.27. The molecule has 25 heavy (non-hydrogen) atoms. The number of hydrogen-bond donors (Lipinski definition) is 2. The van der Waals surface area contributed by atoms with Gasteiger partial charge in [0.2, 0.25) is 5.82 Å². The molecular weight excluding hydrogens is 399 g/mol. The summed E-state index contributed by atoms with van der Waals surface area (Å²) in [5.41, 5.74) is 1.56. The maximum atomic E-state index is 13.1. The van der Waals surface area contributed by atoms with E-state index >= 15 is 0 Å². The average Bonchev–Trinajstić information content (AvgIpc) is 3.02.